The van der Waals surface area contributed by atoms with Crippen LogP contribution in [0.5, 0.6) is 0 Å². The summed E-state index contributed by atoms with van der Waals surface area (Å²) in [5.74, 6) is 0.864. The molecular weight excluding hydrogens is 334 g/mol. The van der Waals surface area contributed by atoms with Crippen LogP contribution in [0.4, 0.5) is 17.1 Å². The van der Waals surface area contributed by atoms with Crippen LogP contribution in [0.15, 0.2) is 42.5 Å². The number of benzene rings is 2. The second kappa shape index (κ2) is 8.94. The largest absolute Gasteiger partial charge is 0.385 e. The first-order valence-electron chi connectivity index (χ1n) is 9.96. The molecule has 1 aliphatic rings. The Kier molecular flexibility index (Phi) is 6.38. The van der Waals surface area contributed by atoms with Crippen LogP contribution in [0.3, 0.4) is 0 Å². The van der Waals surface area contributed by atoms with Crippen molar-refractivity contribution < 1.29 is 4.79 Å². The highest BCUT2D eigenvalue weighted by atomic mass is 16.1. The summed E-state index contributed by atoms with van der Waals surface area (Å²) in [4.78, 5) is 14.6. The highest BCUT2D eigenvalue weighted by Crippen LogP contribution is 2.24. The summed E-state index contributed by atoms with van der Waals surface area (Å²) in [5.41, 5.74) is 5.63. The van der Waals surface area contributed by atoms with Gasteiger partial charge < -0.3 is 15.5 Å². The van der Waals surface area contributed by atoms with Crippen molar-refractivity contribution in [1.82, 2.24) is 0 Å². The summed E-state index contributed by atoms with van der Waals surface area (Å²) >= 11 is 0. The Balaban J connectivity index is 1.45. The zero-order valence-electron chi connectivity index (χ0n) is 16.7. The standard InChI is InChI=1S/C23H31N3O/c1-17-9-12-26(13-10-17)22-6-4-20(5-7-22)25-23(27)8-11-24-21-15-18(2)14-19(3)16-21/h4-7,14-17,24H,8-13H2,1-3H3,(H,25,27). The van der Waals surface area contributed by atoms with Crippen molar-refractivity contribution in [3.8, 4) is 0 Å². The minimum atomic E-state index is 0.0337. The quantitative estimate of drug-likeness (QED) is 0.759. The number of hydrogen-bond acceptors (Lipinski definition) is 3. The van der Waals surface area contributed by atoms with Gasteiger partial charge in [-0.2, -0.15) is 0 Å². The zero-order valence-corrected chi connectivity index (χ0v) is 16.7. The lowest BCUT2D eigenvalue weighted by Crippen LogP contribution is -2.32. The number of nitrogens with zero attached hydrogens (tertiary/aromatic N) is 1. The molecule has 4 nitrogen and oxygen atoms in total. The summed E-state index contributed by atoms with van der Waals surface area (Å²) in [6.45, 7) is 9.36. The fraction of sp³-hybridized carbons (Fsp3) is 0.435. The maximum absolute atomic E-state index is 12.2. The number of piperidine rings is 1. The molecule has 2 aromatic rings. The molecule has 0 aliphatic carbocycles. The van der Waals surface area contributed by atoms with Crippen molar-refractivity contribution in [3.63, 3.8) is 0 Å². The topological polar surface area (TPSA) is 44.4 Å². The summed E-state index contributed by atoms with van der Waals surface area (Å²) in [7, 11) is 0. The number of anilines is 3. The Morgan fingerprint density at radius 2 is 1.63 bits per heavy atom. The minimum Gasteiger partial charge on any atom is -0.385 e. The summed E-state index contributed by atoms with van der Waals surface area (Å²) < 4.78 is 0. The van der Waals surface area contributed by atoms with Gasteiger partial charge in [0, 0.05) is 43.1 Å². The molecule has 0 unspecified atom stereocenters. The van der Waals surface area contributed by atoms with Crippen LogP contribution >= 0.6 is 0 Å². The van der Waals surface area contributed by atoms with Crippen molar-refractivity contribution in [1.29, 1.82) is 0 Å². The van der Waals surface area contributed by atoms with Gasteiger partial charge in [-0.1, -0.05) is 13.0 Å². The van der Waals surface area contributed by atoms with Crippen LogP contribution in [-0.4, -0.2) is 25.5 Å². The van der Waals surface area contributed by atoms with Gasteiger partial charge in [-0.25, -0.2) is 0 Å². The fourth-order valence-corrected chi connectivity index (χ4v) is 3.64. The molecule has 1 heterocycles. The SMILES string of the molecule is Cc1cc(C)cc(NCCC(=O)Nc2ccc(N3CCC(C)CC3)cc2)c1. The maximum atomic E-state index is 12.2. The Hall–Kier alpha value is -2.49. The first-order valence-corrected chi connectivity index (χ1v) is 9.96. The van der Waals surface area contributed by atoms with E-state index in [4.69, 9.17) is 0 Å². The maximum Gasteiger partial charge on any atom is 0.226 e. The number of aryl methyl sites for hydroxylation is 2. The van der Waals surface area contributed by atoms with Gasteiger partial charge >= 0.3 is 0 Å². The molecule has 0 aromatic heterocycles. The van der Waals surface area contributed by atoms with Gasteiger partial charge in [0.2, 0.25) is 5.91 Å². The lowest BCUT2D eigenvalue weighted by Gasteiger charge is -2.32. The van der Waals surface area contributed by atoms with E-state index in [0.717, 1.165) is 30.4 Å². The van der Waals surface area contributed by atoms with Crippen molar-refractivity contribution in [2.75, 3.05) is 35.2 Å². The van der Waals surface area contributed by atoms with Crippen molar-refractivity contribution in [2.24, 2.45) is 5.92 Å². The molecule has 0 saturated carbocycles. The van der Waals surface area contributed by atoms with E-state index in [2.05, 4.69) is 66.6 Å². The number of carbonyl (C=O) groups is 1. The van der Waals surface area contributed by atoms with Gasteiger partial charge in [-0.05, 0) is 80.1 Å². The van der Waals surface area contributed by atoms with Gasteiger partial charge in [0.15, 0.2) is 0 Å². The van der Waals surface area contributed by atoms with Gasteiger partial charge in [0.05, 0.1) is 0 Å². The number of carbonyl (C=O) groups excluding carboxylic acids is 1. The molecule has 0 atom stereocenters. The monoisotopic (exact) mass is 365 g/mol. The molecule has 0 bridgehead atoms. The van der Waals surface area contributed by atoms with Crippen LogP contribution in [0.2, 0.25) is 0 Å². The van der Waals surface area contributed by atoms with Crippen LogP contribution in [0.25, 0.3) is 0 Å². The molecule has 1 amide bonds. The zero-order chi connectivity index (χ0) is 19.2. The average Bonchev–Trinajstić information content (AvgIpc) is 2.62. The molecule has 144 valence electrons. The highest BCUT2D eigenvalue weighted by Gasteiger charge is 2.15. The Morgan fingerprint density at radius 3 is 2.26 bits per heavy atom. The molecule has 0 radical (unpaired) electrons. The van der Waals surface area contributed by atoms with Crippen molar-refractivity contribution in [2.45, 2.75) is 40.0 Å². The molecule has 2 N–H and O–H groups in total. The number of hydrogen-bond donors (Lipinski definition) is 2. The average molecular weight is 366 g/mol. The number of amides is 1. The first kappa shape index (κ1) is 19.3. The van der Waals surface area contributed by atoms with E-state index in [9.17, 15) is 4.79 Å². The van der Waals surface area contributed by atoms with Gasteiger partial charge in [0.1, 0.15) is 0 Å². The van der Waals surface area contributed by atoms with Crippen LogP contribution in [0.1, 0.15) is 37.3 Å². The molecule has 0 spiro atoms. The smallest absolute Gasteiger partial charge is 0.226 e. The molecule has 3 rings (SSSR count). The molecule has 2 aromatic carbocycles. The Labute approximate surface area is 163 Å². The van der Waals surface area contributed by atoms with E-state index in [1.807, 2.05) is 12.1 Å². The molecule has 1 saturated heterocycles. The molecule has 4 heteroatoms. The summed E-state index contributed by atoms with van der Waals surface area (Å²) in [6, 6.07) is 14.6. The number of nitrogens with one attached hydrogen (secondary N) is 2. The highest BCUT2D eigenvalue weighted by molar-refractivity contribution is 5.91. The third-order valence-corrected chi connectivity index (χ3v) is 5.20. The second-order valence-corrected chi connectivity index (χ2v) is 7.82. The van der Waals surface area contributed by atoms with E-state index in [1.54, 1.807) is 0 Å². The van der Waals surface area contributed by atoms with Gasteiger partial charge in [-0.3, -0.25) is 4.79 Å². The fourth-order valence-electron chi connectivity index (χ4n) is 3.64. The van der Waals surface area contributed by atoms with Gasteiger partial charge in [0.25, 0.3) is 0 Å². The lowest BCUT2D eigenvalue weighted by atomic mass is 9.99. The third kappa shape index (κ3) is 5.75. The summed E-state index contributed by atoms with van der Waals surface area (Å²) in [6.07, 6.45) is 2.96. The first-order chi connectivity index (χ1) is 13.0. The Morgan fingerprint density at radius 1 is 1.00 bits per heavy atom. The predicted molar refractivity (Wildman–Crippen MR) is 115 cm³/mol. The van der Waals surface area contributed by atoms with Crippen LogP contribution < -0.4 is 15.5 Å². The molecule has 27 heavy (non-hydrogen) atoms. The molecular formula is C23H31N3O. The minimum absolute atomic E-state index is 0.0337. The second-order valence-electron chi connectivity index (χ2n) is 7.82. The normalized spacial score (nSPS) is 14.9. The predicted octanol–water partition coefficient (Wildman–Crippen LogP) is 4.98. The van der Waals surface area contributed by atoms with E-state index in [0.29, 0.717) is 13.0 Å². The van der Waals surface area contributed by atoms with Crippen molar-refractivity contribution >= 4 is 23.0 Å². The third-order valence-electron chi connectivity index (χ3n) is 5.20. The van der Waals surface area contributed by atoms with E-state index >= 15 is 0 Å². The lowest BCUT2D eigenvalue weighted by molar-refractivity contribution is -0.115. The Bertz CT molecular complexity index is 741. The van der Waals surface area contributed by atoms with Gasteiger partial charge in [-0.15, -0.1) is 0 Å². The molecule has 1 fully saturated rings. The summed E-state index contributed by atoms with van der Waals surface area (Å²) in [5, 5.41) is 6.32. The van der Waals surface area contributed by atoms with E-state index in [-0.39, 0.29) is 5.91 Å². The van der Waals surface area contributed by atoms with Crippen molar-refractivity contribution in [3.05, 3.63) is 53.6 Å². The van der Waals surface area contributed by atoms with Crippen LogP contribution in [-0.2, 0) is 4.79 Å². The van der Waals surface area contributed by atoms with E-state index in [1.165, 1.54) is 29.7 Å². The van der Waals surface area contributed by atoms with E-state index < -0.39 is 0 Å². The molecule has 1 aliphatic heterocycles. The van der Waals surface area contributed by atoms with Crippen LogP contribution in [0, 0.1) is 19.8 Å². The number of rotatable bonds is 6.